The fourth-order valence-electron chi connectivity index (χ4n) is 5.18. The number of amides is 1. The monoisotopic (exact) mass is 539 g/mol. The second-order valence-electron chi connectivity index (χ2n) is 9.91. The van der Waals surface area contributed by atoms with Crippen LogP contribution in [0.5, 0.6) is 11.5 Å². The summed E-state index contributed by atoms with van der Waals surface area (Å²) in [5.41, 5.74) is 3.73. The number of pyridine rings is 3. The lowest BCUT2D eigenvalue weighted by Gasteiger charge is -2.26. The van der Waals surface area contributed by atoms with Crippen LogP contribution in [0.15, 0.2) is 47.3 Å². The Bertz CT molecular complexity index is 1580. The third-order valence-electron chi connectivity index (χ3n) is 7.35. The number of fused-ring (bicyclic) bond motifs is 1. The van der Waals surface area contributed by atoms with Gasteiger partial charge in [-0.15, -0.1) is 0 Å². The molecule has 0 N–H and O–H groups in total. The number of ether oxygens (including phenoxy) is 3. The van der Waals surface area contributed by atoms with E-state index in [1.54, 1.807) is 50.0 Å². The second-order valence-corrected chi connectivity index (χ2v) is 9.91. The summed E-state index contributed by atoms with van der Waals surface area (Å²) in [6, 6.07) is 9.19. The predicted molar refractivity (Wildman–Crippen MR) is 146 cm³/mol. The lowest BCUT2D eigenvalue weighted by atomic mass is 10.1. The third-order valence-corrected chi connectivity index (χ3v) is 7.35. The highest BCUT2D eigenvalue weighted by molar-refractivity contribution is 5.95. The molecule has 0 spiro atoms. The van der Waals surface area contributed by atoms with Crippen molar-refractivity contribution < 1.29 is 23.4 Å². The number of nitriles is 1. The molecule has 6 rings (SSSR count). The van der Waals surface area contributed by atoms with Gasteiger partial charge < -0.3 is 23.5 Å². The molecule has 6 heterocycles. The minimum Gasteiger partial charge on any atom is -0.496 e. The highest BCUT2D eigenvalue weighted by Gasteiger charge is 2.23. The molecule has 2 aliphatic heterocycles. The Labute approximate surface area is 231 Å². The fraction of sp³-hybridized carbons (Fsp3) is 0.367. The fourth-order valence-corrected chi connectivity index (χ4v) is 5.18. The number of furan rings is 1. The number of nitrogens with zero attached hydrogens (tertiary/aromatic N) is 5. The lowest BCUT2D eigenvalue weighted by molar-refractivity contribution is 0.0253. The van der Waals surface area contributed by atoms with E-state index in [1.807, 2.05) is 4.90 Å². The van der Waals surface area contributed by atoms with Crippen molar-refractivity contribution >= 4 is 17.0 Å². The SMILES string of the molecule is COc1cc(C(=O)N2CCCCC2)ncc1-c1cc2nccc(-c3cc(C#N)c(OC4CCOCC4)cn3)c2o1. The van der Waals surface area contributed by atoms with Crippen molar-refractivity contribution in [2.24, 2.45) is 0 Å². The molecule has 0 radical (unpaired) electrons. The number of hydrogen-bond donors (Lipinski definition) is 0. The number of likely N-dealkylation sites (tertiary alicyclic amines) is 1. The van der Waals surface area contributed by atoms with Crippen molar-refractivity contribution in [3.05, 3.63) is 54.1 Å². The molecule has 1 amide bonds. The van der Waals surface area contributed by atoms with Crippen LogP contribution in [-0.4, -0.2) is 65.3 Å². The Morgan fingerprint density at radius 1 is 1.02 bits per heavy atom. The van der Waals surface area contributed by atoms with Gasteiger partial charge in [0, 0.05) is 56.0 Å². The Balaban J connectivity index is 1.31. The van der Waals surface area contributed by atoms with E-state index in [-0.39, 0.29) is 12.0 Å². The minimum absolute atomic E-state index is 0.00103. The minimum atomic E-state index is -0.0956. The average Bonchev–Trinajstić information content (AvgIpc) is 3.46. The van der Waals surface area contributed by atoms with Crippen LogP contribution in [0.3, 0.4) is 0 Å². The van der Waals surface area contributed by atoms with E-state index in [0.29, 0.717) is 69.7 Å². The van der Waals surface area contributed by atoms with Crippen molar-refractivity contribution in [2.45, 2.75) is 38.2 Å². The Hall–Kier alpha value is -4.49. The molecular formula is C30H29N5O5. The number of methoxy groups -OCH3 is 1. The van der Waals surface area contributed by atoms with Gasteiger partial charge in [-0.25, -0.2) is 0 Å². The molecule has 2 aliphatic rings. The Morgan fingerprint density at radius 3 is 2.62 bits per heavy atom. The van der Waals surface area contributed by atoms with Crippen LogP contribution >= 0.6 is 0 Å². The molecular weight excluding hydrogens is 510 g/mol. The van der Waals surface area contributed by atoms with Crippen LogP contribution in [0, 0.1) is 11.3 Å². The normalized spacial score (nSPS) is 16.1. The first-order chi connectivity index (χ1) is 19.6. The van der Waals surface area contributed by atoms with Crippen molar-refractivity contribution in [3.8, 4) is 40.1 Å². The smallest absolute Gasteiger partial charge is 0.272 e. The summed E-state index contributed by atoms with van der Waals surface area (Å²) < 4.78 is 23.4. The van der Waals surface area contributed by atoms with Crippen LogP contribution in [0.4, 0.5) is 0 Å². The van der Waals surface area contributed by atoms with E-state index >= 15 is 0 Å². The molecule has 10 nitrogen and oxygen atoms in total. The predicted octanol–water partition coefficient (Wildman–Crippen LogP) is 5.02. The summed E-state index contributed by atoms with van der Waals surface area (Å²) in [5, 5.41) is 9.82. The molecule has 2 saturated heterocycles. The number of hydrogen-bond acceptors (Lipinski definition) is 9. The Morgan fingerprint density at radius 2 is 1.85 bits per heavy atom. The molecule has 4 aromatic rings. The zero-order chi connectivity index (χ0) is 27.5. The maximum atomic E-state index is 13.0. The molecule has 2 fully saturated rings. The highest BCUT2D eigenvalue weighted by Crippen LogP contribution is 2.37. The summed E-state index contributed by atoms with van der Waals surface area (Å²) >= 11 is 0. The van der Waals surface area contributed by atoms with Gasteiger partial charge in [0.2, 0.25) is 0 Å². The maximum absolute atomic E-state index is 13.0. The summed E-state index contributed by atoms with van der Waals surface area (Å²) in [4.78, 5) is 28.3. The topological polar surface area (TPSA) is 124 Å². The molecule has 0 aliphatic carbocycles. The first kappa shape index (κ1) is 25.8. The number of rotatable bonds is 6. The quantitative estimate of drug-likeness (QED) is 0.332. The van der Waals surface area contributed by atoms with Gasteiger partial charge in [0.1, 0.15) is 34.9 Å². The van der Waals surface area contributed by atoms with E-state index in [0.717, 1.165) is 45.2 Å². The van der Waals surface area contributed by atoms with E-state index in [9.17, 15) is 10.1 Å². The van der Waals surface area contributed by atoms with E-state index in [2.05, 4.69) is 21.0 Å². The van der Waals surface area contributed by atoms with Crippen LogP contribution in [0.2, 0.25) is 0 Å². The molecule has 0 atom stereocenters. The van der Waals surface area contributed by atoms with Gasteiger partial charge >= 0.3 is 0 Å². The summed E-state index contributed by atoms with van der Waals surface area (Å²) in [7, 11) is 1.55. The maximum Gasteiger partial charge on any atom is 0.272 e. The summed E-state index contributed by atoms with van der Waals surface area (Å²) in [6.45, 7) is 2.77. The van der Waals surface area contributed by atoms with Crippen LogP contribution < -0.4 is 9.47 Å². The average molecular weight is 540 g/mol. The lowest BCUT2D eigenvalue weighted by Crippen LogP contribution is -2.36. The first-order valence-corrected chi connectivity index (χ1v) is 13.5. The van der Waals surface area contributed by atoms with Gasteiger partial charge in [-0.1, -0.05) is 0 Å². The third kappa shape index (κ3) is 5.08. The molecule has 0 aromatic carbocycles. The van der Waals surface area contributed by atoms with Gasteiger partial charge in [0.25, 0.3) is 5.91 Å². The van der Waals surface area contributed by atoms with Gasteiger partial charge in [0.15, 0.2) is 11.3 Å². The standard InChI is InChI=1S/C30H29N5O5/c1-37-26-15-25(30(36)35-9-3-2-4-10-35)33-17-22(26)27-14-24-29(40-27)21(5-8-32-24)23-13-19(16-31)28(18-34-23)39-20-6-11-38-12-7-20/h5,8,13-15,17-18,20H,2-4,6-7,9-12H2,1H3. The first-order valence-electron chi connectivity index (χ1n) is 13.5. The van der Waals surface area contributed by atoms with Crippen molar-refractivity contribution in [3.63, 3.8) is 0 Å². The molecule has 4 aromatic heterocycles. The number of piperidine rings is 1. The van der Waals surface area contributed by atoms with Crippen molar-refractivity contribution in [2.75, 3.05) is 33.4 Å². The molecule has 0 unspecified atom stereocenters. The molecule has 40 heavy (non-hydrogen) atoms. The van der Waals surface area contributed by atoms with E-state index < -0.39 is 0 Å². The van der Waals surface area contributed by atoms with Gasteiger partial charge in [-0.2, -0.15) is 5.26 Å². The van der Waals surface area contributed by atoms with Gasteiger partial charge in [0.05, 0.1) is 43.3 Å². The van der Waals surface area contributed by atoms with Crippen LogP contribution in [0.25, 0.3) is 33.7 Å². The molecule has 204 valence electrons. The van der Waals surface area contributed by atoms with Gasteiger partial charge in [-0.3, -0.25) is 19.7 Å². The largest absolute Gasteiger partial charge is 0.496 e. The van der Waals surface area contributed by atoms with E-state index in [4.69, 9.17) is 18.6 Å². The van der Waals surface area contributed by atoms with Gasteiger partial charge in [-0.05, 0) is 31.4 Å². The number of carbonyl (C=O) groups is 1. The zero-order valence-electron chi connectivity index (χ0n) is 22.3. The molecule has 10 heteroatoms. The summed E-state index contributed by atoms with van der Waals surface area (Å²) in [5.74, 6) is 1.34. The van der Waals surface area contributed by atoms with Crippen LogP contribution in [0.1, 0.15) is 48.2 Å². The highest BCUT2D eigenvalue weighted by atomic mass is 16.5. The molecule has 0 saturated carbocycles. The Kier molecular flexibility index (Phi) is 7.29. The number of aromatic nitrogens is 3. The second kappa shape index (κ2) is 11.3. The van der Waals surface area contributed by atoms with Crippen molar-refractivity contribution in [1.82, 2.24) is 19.9 Å². The summed E-state index contributed by atoms with van der Waals surface area (Å²) in [6.07, 6.45) is 9.57. The van der Waals surface area contributed by atoms with E-state index in [1.165, 1.54) is 0 Å². The molecule has 0 bridgehead atoms. The zero-order valence-corrected chi connectivity index (χ0v) is 22.3. The van der Waals surface area contributed by atoms with Crippen molar-refractivity contribution in [1.29, 1.82) is 5.26 Å². The number of carbonyl (C=O) groups excluding carboxylic acids is 1. The van der Waals surface area contributed by atoms with Crippen LogP contribution in [-0.2, 0) is 4.74 Å².